The minimum Gasteiger partial charge on any atom is -0.494 e. The first-order valence-corrected chi connectivity index (χ1v) is 12.9. The minimum absolute atomic E-state index is 0.00712. The molecule has 0 aliphatic rings. The maximum Gasteiger partial charge on any atom is 0.252 e. The average molecular weight is 495 g/mol. The molecule has 0 atom stereocenters. The summed E-state index contributed by atoms with van der Waals surface area (Å²) in [5, 5.41) is 0.760. The molecule has 0 saturated carbocycles. The smallest absolute Gasteiger partial charge is 0.252 e. The van der Waals surface area contributed by atoms with Gasteiger partial charge in [-0.15, -0.1) is 0 Å². The van der Waals surface area contributed by atoms with Crippen LogP contribution in [0.3, 0.4) is 0 Å². The molecule has 0 fully saturated rings. The molecule has 0 aliphatic heterocycles. The molecule has 2 aromatic heterocycles. The van der Waals surface area contributed by atoms with E-state index in [-0.39, 0.29) is 29.0 Å². The number of sulfonamides is 1. The van der Waals surface area contributed by atoms with Crippen LogP contribution in [0.2, 0.25) is 0 Å². The SMILES string of the molecule is CCOc1ccc2[nH]c(=O)c(CN(Cc3ccco3)S(=O)(=O)c3ccc(C(C)(C)C)cc3)cc2c1. The second-order valence-electron chi connectivity index (χ2n) is 9.43. The van der Waals surface area contributed by atoms with Crippen LogP contribution in [-0.2, 0) is 28.5 Å². The lowest BCUT2D eigenvalue weighted by atomic mass is 9.87. The van der Waals surface area contributed by atoms with E-state index in [0.717, 1.165) is 10.9 Å². The summed E-state index contributed by atoms with van der Waals surface area (Å²) in [6, 6.07) is 17.4. The Morgan fingerprint density at radius 1 is 1.00 bits per heavy atom. The first-order chi connectivity index (χ1) is 16.6. The van der Waals surface area contributed by atoms with Crippen LogP contribution >= 0.6 is 0 Å². The number of pyridine rings is 1. The van der Waals surface area contributed by atoms with Gasteiger partial charge in [0, 0.05) is 23.0 Å². The Bertz CT molecular complexity index is 1470. The lowest BCUT2D eigenvalue weighted by molar-refractivity contribution is 0.340. The van der Waals surface area contributed by atoms with Gasteiger partial charge in [-0.05, 0) is 66.4 Å². The molecule has 4 rings (SSSR count). The molecule has 2 aromatic carbocycles. The molecule has 0 aliphatic carbocycles. The average Bonchev–Trinajstić information content (AvgIpc) is 3.32. The van der Waals surface area contributed by atoms with E-state index in [1.807, 2.05) is 25.1 Å². The van der Waals surface area contributed by atoms with E-state index in [9.17, 15) is 13.2 Å². The molecule has 2 heterocycles. The standard InChI is InChI=1S/C27H30N2O5S/c1-5-33-22-10-13-25-19(16-22)15-20(26(30)28-25)17-29(18-23-7-6-14-34-23)35(31,32)24-11-8-21(9-12-24)27(2,3)4/h6-16H,5,17-18H2,1-4H3,(H,28,30). The highest BCUT2D eigenvalue weighted by atomic mass is 32.2. The number of nitrogens with zero attached hydrogens (tertiary/aromatic N) is 1. The highest BCUT2D eigenvalue weighted by Gasteiger charge is 2.27. The molecule has 8 heteroatoms. The van der Waals surface area contributed by atoms with Crippen LogP contribution in [-0.4, -0.2) is 24.3 Å². The largest absolute Gasteiger partial charge is 0.494 e. The third-order valence-electron chi connectivity index (χ3n) is 5.82. The fraction of sp³-hybridized carbons (Fsp3) is 0.296. The Morgan fingerprint density at radius 2 is 1.74 bits per heavy atom. The molecular weight excluding hydrogens is 464 g/mol. The van der Waals surface area contributed by atoms with Crippen LogP contribution in [0.25, 0.3) is 10.9 Å². The summed E-state index contributed by atoms with van der Waals surface area (Å²) >= 11 is 0. The number of hydrogen-bond acceptors (Lipinski definition) is 5. The molecule has 0 amide bonds. The molecular formula is C27H30N2O5S. The third kappa shape index (κ3) is 5.49. The first kappa shape index (κ1) is 24.8. The van der Waals surface area contributed by atoms with Gasteiger partial charge in [0.2, 0.25) is 10.0 Å². The quantitative estimate of drug-likeness (QED) is 0.363. The van der Waals surface area contributed by atoms with Gasteiger partial charge in [0.05, 0.1) is 24.3 Å². The fourth-order valence-electron chi connectivity index (χ4n) is 3.87. The number of ether oxygens (including phenoxy) is 1. The molecule has 35 heavy (non-hydrogen) atoms. The molecule has 0 unspecified atom stereocenters. The van der Waals surface area contributed by atoms with Crippen molar-refractivity contribution in [2.24, 2.45) is 0 Å². The molecule has 184 valence electrons. The summed E-state index contributed by atoms with van der Waals surface area (Å²) in [7, 11) is -3.93. The normalized spacial score (nSPS) is 12.4. The van der Waals surface area contributed by atoms with Crippen LogP contribution < -0.4 is 10.3 Å². The molecule has 0 radical (unpaired) electrons. The zero-order valence-electron chi connectivity index (χ0n) is 20.4. The van der Waals surface area contributed by atoms with E-state index >= 15 is 0 Å². The third-order valence-corrected chi connectivity index (χ3v) is 7.63. The summed E-state index contributed by atoms with van der Waals surface area (Å²) in [6.45, 7) is 8.51. The van der Waals surface area contributed by atoms with E-state index in [0.29, 0.717) is 29.2 Å². The number of aromatic amines is 1. The van der Waals surface area contributed by atoms with Crippen molar-refractivity contribution < 1.29 is 17.6 Å². The van der Waals surface area contributed by atoms with Crippen molar-refractivity contribution in [3.05, 3.63) is 94.2 Å². The Balaban J connectivity index is 1.73. The minimum atomic E-state index is -3.93. The van der Waals surface area contributed by atoms with Crippen molar-refractivity contribution >= 4 is 20.9 Å². The number of aromatic nitrogens is 1. The number of benzene rings is 2. The van der Waals surface area contributed by atoms with Gasteiger partial charge in [-0.1, -0.05) is 32.9 Å². The number of H-pyrrole nitrogens is 1. The van der Waals surface area contributed by atoms with E-state index in [1.165, 1.54) is 10.6 Å². The van der Waals surface area contributed by atoms with Crippen LogP contribution in [0.5, 0.6) is 5.75 Å². The zero-order chi connectivity index (χ0) is 25.2. The summed E-state index contributed by atoms with van der Waals surface area (Å²) < 4.78 is 39.6. The van der Waals surface area contributed by atoms with Crippen molar-refractivity contribution in [2.45, 2.75) is 51.1 Å². The van der Waals surface area contributed by atoms with Crippen molar-refractivity contribution in [2.75, 3.05) is 6.61 Å². The van der Waals surface area contributed by atoms with Gasteiger partial charge in [-0.3, -0.25) is 4.79 Å². The molecule has 0 saturated heterocycles. The van der Waals surface area contributed by atoms with Gasteiger partial charge in [0.15, 0.2) is 0 Å². The molecule has 4 aromatic rings. The van der Waals surface area contributed by atoms with Gasteiger partial charge in [-0.25, -0.2) is 8.42 Å². The van der Waals surface area contributed by atoms with Crippen molar-refractivity contribution in [3.8, 4) is 5.75 Å². The predicted molar refractivity (Wildman–Crippen MR) is 136 cm³/mol. The lowest BCUT2D eigenvalue weighted by Gasteiger charge is -2.23. The Kier molecular flexibility index (Phi) is 6.87. The van der Waals surface area contributed by atoms with Crippen LogP contribution in [0.15, 0.2) is 81.0 Å². The maximum absolute atomic E-state index is 13.7. The second-order valence-corrected chi connectivity index (χ2v) is 11.4. The molecule has 1 N–H and O–H groups in total. The lowest BCUT2D eigenvalue weighted by Crippen LogP contribution is -2.32. The second kappa shape index (κ2) is 9.71. The topological polar surface area (TPSA) is 92.6 Å². The van der Waals surface area contributed by atoms with Crippen molar-refractivity contribution in [1.82, 2.24) is 9.29 Å². The molecule has 7 nitrogen and oxygen atoms in total. The van der Waals surface area contributed by atoms with Gasteiger partial charge >= 0.3 is 0 Å². The number of fused-ring (bicyclic) bond motifs is 1. The number of hydrogen-bond donors (Lipinski definition) is 1. The van der Waals surface area contributed by atoms with Crippen molar-refractivity contribution in [3.63, 3.8) is 0 Å². The summed E-state index contributed by atoms with van der Waals surface area (Å²) in [6.07, 6.45) is 1.50. The summed E-state index contributed by atoms with van der Waals surface area (Å²) in [4.78, 5) is 15.9. The Labute approximate surface area is 205 Å². The Morgan fingerprint density at radius 3 is 2.37 bits per heavy atom. The van der Waals surface area contributed by atoms with Gasteiger partial charge in [0.1, 0.15) is 11.5 Å². The highest BCUT2D eigenvalue weighted by molar-refractivity contribution is 7.89. The van der Waals surface area contributed by atoms with Crippen LogP contribution in [0, 0.1) is 0 Å². The monoisotopic (exact) mass is 494 g/mol. The number of rotatable bonds is 8. The Hall–Kier alpha value is -3.36. The van der Waals surface area contributed by atoms with Gasteiger partial charge in [0.25, 0.3) is 5.56 Å². The number of furan rings is 1. The first-order valence-electron chi connectivity index (χ1n) is 11.5. The summed E-state index contributed by atoms with van der Waals surface area (Å²) in [5.41, 5.74) is 1.57. The summed E-state index contributed by atoms with van der Waals surface area (Å²) in [5.74, 6) is 1.16. The zero-order valence-corrected chi connectivity index (χ0v) is 21.2. The van der Waals surface area contributed by atoms with Crippen LogP contribution in [0.4, 0.5) is 0 Å². The van der Waals surface area contributed by atoms with Gasteiger partial charge < -0.3 is 14.1 Å². The number of nitrogens with one attached hydrogen (secondary N) is 1. The predicted octanol–water partition coefficient (Wildman–Crippen LogP) is 5.21. The van der Waals surface area contributed by atoms with Gasteiger partial charge in [-0.2, -0.15) is 4.31 Å². The van der Waals surface area contributed by atoms with Crippen LogP contribution in [0.1, 0.15) is 44.6 Å². The van der Waals surface area contributed by atoms with E-state index < -0.39 is 10.0 Å². The van der Waals surface area contributed by atoms with E-state index in [4.69, 9.17) is 9.15 Å². The maximum atomic E-state index is 13.7. The highest BCUT2D eigenvalue weighted by Crippen LogP contribution is 2.27. The van der Waals surface area contributed by atoms with E-state index in [2.05, 4.69) is 25.8 Å². The van der Waals surface area contributed by atoms with Crippen molar-refractivity contribution in [1.29, 1.82) is 0 Å². The fourth-order valence-corrected chi connectivity index (χ4v) is 5.26. The molecule has 0 bridgehead atoms. The molecule has 0 spiro atoms. The van der Waals surface area contributed by atoms with E-state index in [1.54, 1.807) is 42.5 Å².